The number of hydrogen-bond acceptors (Lipinski definition) is 2. The van der Waals surface area contributed by atoms with E-state index >= 15 is 0 Å². The number of nitrogens with one attached hydrogen (secondary N) is 1. The van der Waals surface area contributed by atoms with Crippen molar-refractivity contribution in [2.75, 3.05) is 0 Å². The molecule has 0 amide bonds. The quantitative estimate of drug-likeness (QED) is 0.797. The van der Waals surface area contributed by atoms with Gasteiger partial charge in [-0.25, -0.2) is 0 Å². The van der Waals surface area contributed by atoms with E-state index in [1.54, 1.807) is 6.20 Å². The van der Waals surface area contributed by atoms with Crippen LogP contribution < -0.4 is 11.1 Å². The lowest BCUT2D eigenvalue weighted by molar-refractivity contribution is 0.857. The van der Waals surface area contributed by atoms with Crippen molar-refractivity contribution in [2.24, 2.45) is 0 Å². The number of aromatic nitrogens is 2. The molecular formula is C13H14N2O2. The van der Waals surface area contributed by atoms with E-state index in [1.165, 1.54) is 10.8 Å². The summed E-state index contributed by atoms with van der Waals surface area (Å²) in [6, 6.07) is 7.63. The molecule has 0 unspecified atom stereocenters. The Balaban J connectivity index is 2.61. The molecule has 4 nitrogen and oxygen atoms in total. The van der Waals surface area contributed by atoms with Gasteiger partial charge < -0.3 is 4.98 Å². The summed E-state index contributed by atoms with van der Waals surface area (Å²) in [7, 11) is 0. The van der Waals surface area contributed by atoms with Crippen LogP contribution in [0.15, 0.2) is 46.2 Å². The normalized spacial score (nSPS) is 10.8. The molecule has 0 aliphatic heterocycles. The molecule has 1 aromatic heterocycles. The van der Waals surface area contributed by atoms with Crippen molar-refractivity contribution in [2.45, 2.75) is 19.8 Å². The fourth-order valence-electron chi connectivity index (χ4n) is 1.66. The molecule has 0 saturated carbocycles. The Morgan fingerprint density at radius 1 is 1.24 bits per heavy atom. The molecular weight excluding hydrogens is 216 g/mol. The Labute approximate surface area is 98.6 Å². The van der Waals surface area contributed by atoms with E-state index in [0.717, 1.165) is 5.56 Å². The number of hydrogen-bond donors (Lipinski definition) is 1. The molecule has 0 fully saturated rings. The highest BCUT2D eigenvalue weighted by molar-refractivity contribution is 5.37. The lowest BCUT2D eigenvalue weighted by Crippen LogP contribution is -2.34. The number of aromatic amines is 1. The lowest BCUT2D eigenvalue weighted by Gasteiger charge is -2.09. The van der Waals surface area contributed by atoms with Crippen LogP contribution in [0.5, 0.6) is 0 Å². The Hall–Kier alpha value is -2.10. The van der Waals surface area contributed by atoms with Crippen LogP contribution in [-0.2, 0) is 0 Å². The van der Waals surface area contributed by atoms with E-state index in [0.29, 0.717) is 11.6 Å². The van der Waals surface area contributed by atoms with Crippen molar-refractivity contribution < 1.29 is 0 Å². The zero-order chi connectivity index (χ0) is 12.4. The van der Waals surface area contributed by atoms with Gasteiger partial charge in [0.1, 0.15) is 0 Å². The molecule has 1 heterocycles. The van der Waals surface area contributed by atoms with Crippen LogP contribution in [0.4, 0.5) is 0 Å². The van der Waals surface area contributed by atoms with Crippen LogP contribution in [0.25, 0.3) is 5.69 Å². The SMILES string of the molecule is CC(C)c1cccc(-n2cc[nH]c(=O)c2=O)c1. The molecule has 88 valence electrons. The van der Waals surface area contributed by atoms with Crippen LogP contribution in [0.2, 0.25) is 0 Å². The second-order valence-corrected chi connectivity index (χ2v) is 4.21. The minimum absolute atomic E-state index is 0.382. The molecule has 0 saturated heterocycles. The first-order valence-corrected chi connectivity index (χ1v) is 5.50. The summed E-state index contributed by atoms with van der Waals surface area (Å²) in [5.41, 5.74) is 0.679. The second kappa shape index (κ2) is 4.41. The van der Waals surface area contributed by atoms with Gasteiger partial charge in [0.2, 0.25) is 0 Å². The van der Waals surface area contributed by atoms with Crippen molar-refractivity contribution >= 4 is 0 Å². The molecule has 0 spiro atoms. The Morgan fingerprint density at radius 3 is 2.71 bits per heavy atom. The molecule has 0 radical (unpaired) electrons. The fourth-order valence-corrected chi connectivity index (χ4v) is 1.66. The van der Waals surface area contributed by atoms with E-state index in [9.17, 15) is 9.59 Å². The van der Waals surface area contributed by atoms with E-state index in [2.05, 4.69) is 18.8 Å². The number of nitrogens with zero attached hydrogens (tertiary/aromatic N) is 1. The molecule has 0 atom stereocenters. The minimum Gasteiger partial charge on any atom is -0.323 e. The molecule has 0 aliphatic rings. The first-order valence-electron chi connectivity index (χ1n) is 5.50. The maximum atomic E-state index is 11.7. The van der Waals surface area contributed by atoms with Gasteiger partial charge in [0.15, 0.2) is 0 Å². The highest BCUT2D eigenvalue weighted by Gasteiger charge is 2.04. The standard InChI is InChI=1S/C13H14N2O2/c1-9(2)10-4-3-5-11(8-10)15-7-6-14-12(16)13(15)17/h3-9H,1-2H3,(H,14,16). The molecule has 1 N–H and O–H groups in total. The zero-order valence-electron chi connectivity index (χ0n) is 9.81. The van der Waals surface area contributed by atoms with Crippen LogP contribution in [0.1, 0.15) is 25.3 Å². The molecule has 4 heteroatoms. The predicted octanol–water partition coefficient (Wildman–Crippen LogP) is 1.65. The maximum Gasteiger partial charge on any atom is 0.320 e. The van der Waals surface area contributed by atoms with Gasteiger partial charge in [-0.2, -0.15) is 0 Å². The average Bonchev–Trinajstić information content (AvgIpc) is 2.33. The van der Waals surface area contributed by atoms with Crippen LogP contribution >= 0.6 is 0 Å². The maximum absolute atomic E-state index is 11.7. The largest absolute Gasteiger partial charge is 0.323 e. The van der Waals surface area contributed by atoms with Gasteiger partial charge in [0, 0.05) is 18.1 Å². The van der Waals surface area contributed by atoms with Crippen molar-refractivity contribution in [3.8, 4) is 5.69 Å². The molecule has 0 aliphatic carbocycles. The van der Waals surface area contributed by atoms with Gasteiger partial charge >= 0.3 is 11.1 Å². The Bertz CT molecular complexity index is 638. The van der Waals surface area contributed by atoms with E-state index in [-0.39, 0.29) is 0 Å². The van der Waals surface area contributed by atoms with Crippen LogP contribution in [-0.4, -0.2) is 9.55 Å². The van der Waals surface area contributed by atoms with Crippen molar-refractivity contribution in [1.29, 1.82) is 0 Å². The monoisotopic (exact) mass is 230 g/mol. The van der Waals surface area contributed by atoms with Crippen molar-refractivity contribution in [3.05, 3.63) is 62.9 Å². The summed E-state index contributed by atoms with van der Waals surface area (Å²) in [5.74, 6) is 0.382. The summed E-state index contributed by atoms with van der Waals surface area (Å²) < 4.78 is 1.35. The Morgan fingerprint density at radius 2 is 2.00 bits per heavy atom. The molecule has 2 aromatic rings. The van der Waals surface area contributed by atoms with E-state index in [1.807, 2.05) is 24.3 Å². The molecule has 0 bridgehead atoms. The molecule has 1 aromatic carbocycles. The summed E-state index contributed by atoms with van der Waals surface area (Å²) in [6.07, 6.45) is 3.02. The summed E-state index contributed by atoms with van der Waals surface area (Å²) in [4.78, 5) is 25.3. The van der Waals surface area contributed by atoms with Gasteiger partial charge in [0.25, 0.3) is 0 Å². The third-order valence-corrected chi connectivity index (χ3v) is 2.67. The number of H-pyrrole nitrogens is 1. The van der Waals surface area contributed by atoms with E-state index in [4.69, 9.17) is 0 Å². The van der Waals surface area contributed by atoms with Crippen molar-refractivity contribution in [3.63, 3.8) is 0 Å². The first kappa shape index (κ1) is 11.4. The minimum atomic E-state index is -0.609. The van der Waals surface area contributed by atoms with Gasteiger partial charge in [0.05, 0.1) is 0 Å². The topological polar surface area (TPSA) is 54.9 Å². The Kier molecular flexibility index (Phi) is 2.95. The number of rotatable bonds is 2. The van der Waals surface area contributed by atoms with Crippen LogP contribution in [0, 0.1) is 0 Å². The van der Waals surface area contributed by atoms with Crippen LogP contribution in [0.3, 0.4) is 0 Å². The average molecular weight is 230 g/mol. The second-order valence-electron chi connectivity index (χ2n) is 4.21. The van der Waals surface area contributed by atoms with Gasteiger partial charge in [-0.1, -0.05) is 26.0 Å². The van der Waals surface area contributed by atoms with Gasteiger partial charge in [-0.15, -0.1) is 0 Å². The zero-order valence-corrected chi connectivity index (χ0v) is 9.81. The molecule has 17 heavy (non-hydrogen) atoms. The summed E-state index contributed by atoms with van der Waals surface area (Å²) >= 11 is 0. The van der Waals surface area contributed by atoms with E-state index < -0.39 is 11.1 Å². The smallest absolute Gasteiger partial charge is 0.320 e. The van der Waals surface area contributed by atoms with Gasteiger partial charge in [-0.05, 0) is 23.6 Å². The molecule has 2 rings (SSSR count). The summed E-state index contributed by atoms with van der Waals surface area (Å²) in [5, 5.41) is 0. The van der Waals surface area contributed by atoms with Crippen molar-refractivity contribution in [1.82, 2.24) is 9.55 Å². The third-order valence-electron chi connectivity index (χ3n) is 2.67. The predicted molar refractivity (Wildman–Crippen MR) is 66.7 cm³/mol. The van der Waals surface area contributed by atoms with Gasteiger partial charge in [-0.3, -0.25) is 14.2 Å². The lowest BCUT2D eigenvalue weighted by atomic mass is 10.0. The highest BCUT2D eigenvalue weighted by atomic mass is 16.2. The summed E-state index contributed by atoms with van der Waals surface area (Å²) in [6.45, 7) is 4.17. The fraction of sp³-hybridized carbons (Fsp3) is 0.231. The highest BCUT2D eigenvalue weighted by Crippen LogP contribution is 2.16. The first-order chi connectivity index (χ1) is 8.09. The number of benzene rings is 1. The third kappa shape index (κ3) is 2.20.